The van der Waals surface area contributed by atoms with Crippen LogP contribution >= 0.6 is 0 Å². The fraction of sp³-hybridized carbons (Fsp3) is 0.579. The smallest absolute Gasteiger partial charge is 0.233 e. The molecule has 6 nitrogen and oxygen atoms in total. The normalized spacial score (nSPS) is 24.3. The van der Waals surface area contributed by atoms with Gasteiger partial charge in [-0.2, -0.15) is 0 Å². The molecule has 1 saturated heterocycles. The quantitative estimate of drug-likeness (QED) is 0.903. The molecular formula is C19H24N2O4. The van der Waals surface area contributed by atoms with Crippen molar-refractivity contribution in [3.05, 3.63) is 23.8 Å². The second-order valence-corrected chi connectivity index (χ2v) is 7.29. The van der Waals surface area contributed by atoms with Crippen LogP contribution in [0.2, 0.25) is 0 Å². The minimum Gasteiger partial charge on any atom is -0.486 e. The highest BCUT2D eigenvalue weighted by atomic mass is 16.6. The summed E-state index contributed by atoms with van der Waals surface area (Å²) < 4.78 is 11.3. The van der Waals surface area contributed by atoms with Gasteiger partial charge < -0.3 is 20.1 Å². The van der Waals surface area contributed by atoms with Crippen LogP contribution in [0.15, 0.2) is 18.2 Å². The van der Waals surface area contributed by atoms with Crippen LogP contribution in [0.5, 0.6) is 11.5 Å². The number of rotatable bonds is 3. The Bertz CT molecular complexity index is 697. The zero-order valence-electron chi connectivity index (χ0n) is 14.3. The average Bonchev–Trinajstić information content (AvgIpc) is 3.31. The second kappa shape index (κ2) is 6.24. The Morgan fingerprint density at radius 2 is 1.84 bits per heavy atom. The summed E-state index contributed by atoms with van der Waals surface area (Å²) in [5, 5.41) is 0. The largest absolute Gasteiger partial charge is 0.486 e. The van der Waals surface area contributed by atoms with Crippen LogP contribution in [0.4, 0.5) is 0 Å². The van der Waals surface area contributed by atoms with Gasteiger partial charge in [-0.15, -0.1) is 0 Å². The lowest BCUT2D eigenvalue weighted by Crippen LogP contribution is -2.45. The van der Waals surface area contributed by atoms with Crippen LogP contribution in [-0.2, 0) is 15.0 Å². The lowest BCUT2D eigenvalue weighted by atomic mass is 9.77. The molecule has 1 saturated carbocycles. The summed E-state index contributed by atoms with van der Waals surface area (Å²) in [6.45, 7) is 2.14. The van der Waals surface area contributed by atoms with Gasteiger partial charge in [0, 0.05) is 13.1 Å². The predicted octanol–water partition coefficient (Wildman–Crippen LogP) is 1.60. The van der Waals surface area contributed by atoms with E-state index in [-0.39, 0.29) is 17.7 Å². The van der Waals surface area contributed by atoms with Crippen LogP contribution < -0.4 is 15.2 Å². The van der Waals surface area contributed by atoms with Crippen molar-refractivity contribution in [2.45, 2.75) is 37.5 Å². The number of carbonyl (C=O) groups excluding carboxylic acids is 2. The number of benzene rings is 1. The monoisotopic (exact) mass is 344 g/mol. The van der Waals surface area contributed by atoms with Gasteiger partial charge in [0.15, 0.2) is 11.5 Å². The molecule has 0 bridgehead atoms. The molecule has 6 heteroatoms. The minimum atomic E-state index is -0.512. The van der Waals surface area contributed by atoms with E-state index >= 15 is 0 Å². The Hall–Kier alpha value is -2.24. The molecule has 0 radical (unpaired) electrons. The number of hydrogen-bond acceptors (Lipinski definition) is 4. The fourth-order valence-electron chi connectivity index (χ4n) is 4.43. The Kier molecular flexibility index (Phi) is 4.06. The summed E-state index contributed by atoms with van der Waals surface area (Å²) in [6, 6.07) is 5.88. The molecule has 2 aliphatic heterocycles. The zero-order valence-corrected chi connectivity index (χ0v) is 14.3. The van der Waals surface area contributed by atoms with Gasteiger partial charge in [-0.3, -0.25) is 9.59 Å². The van der Waals surface area contributed by atoms with Crippen molar-refractivity contribution in [2.75, 3.05) is 26.3 Å². The molecule has 0 spiro atoms. The third-order valence-corrected chi connectivity index (χ3v) is 5.84. The van der Waals surface area contributed by atoms with Gasteiger partial charge in [-0.05, 0) is 37.0 Å². The van der Waals surface area contributed by atoms with Crippen LogP contribution in [0, 0.1) is 5.92 Å². The van der Waals surface area contributed by atoms with Crippen LogP contribution in [-0.4, -0.2) is 43.0 Å². The maximum Gasteiger partial charge on any atom is 0.233 e. The number of ether oxygens (including phenoxy) is 2. The first kappa shape index (κ1) is 16.2. The van der Waals surface area contributed by atoms with Crippen molar-refractivity contribution in [3.63, 3.8) is 0 Å². The van der Waals surface area contributed by atoms with E-state index in [4.69, 9.17) is 15.2 Å². The molecule has 4 rings (SSSR count). The van der Waals surface area contributed by atoms with Gasteiger partial charge in [0.25, 0.3) is 0 Å². The third kappa shape index (κ3) is 2.73. The Morgan fingerprint density at radius 1 is 1.12 bits per heavy atom. The van der Waals surface area contributed by atoms with Crippen molar-refractivity contribution >= 4 is 11.8 Å². The Labute approximate surface area is 147 Å². The summed E-state index contributed by atoms with van der Waals surface area (Å²) in [5.41, 5.74) is 5.92. The number of nitrogens with zero attached hydrogens (tertiary/aromatic N) is 1. The number of amides is 2. The number of carbonyl (C=O) groups is 2. The van der Waals surface area contributed by atoms with E-state index in [1.54, 1.807) is 0 Å². The highest BCUT2D eigenvalue weighted by Crippen LogP contribution is 2.46. The molecule has 2 amide bonds. The van der Waals surface area contributed by atoms with Gasteiger partial charge in [0.1, 0.15) is 13.2 Å². The molecular weight excluding hydrogens is 320 g/mol. The summed E-state index contributed by atoms with van der Waals surface area (Å²) >= 11 is 0. The summed E-state index contributed by atoms with van der Waals surface area (Å²) in [7, 11) is 0. The summed E-state index contributed by atoms with van der Waals surface area (Å²) in [6.07, 6.45) is 4.41. The lowest BCUT2D eigenvalue weighted by molar-refractivity contribution is -0.136. The standard InChI is InChI=1S/C19H24N2O4/c20-17(22)13-5-8-21(12-13)18(23)19(6-1-2-7-19)14-3-4-15-16(11-14)25-10-9-24-15/h3-4,11,13H,1-2,5-10,12H2,(H2,20,22)/t13-/m0/s1. The minimum absolute atomic E-state index is 0.130. The molecule has 2 N–H and O–H groups in total. The highest BCUT2D eigenvalue weighted by Gasteiger charge is 2.47. The fourth-order valence-corrected chi connectivity index (χ4v) is 4.43. The maximum absolute atomic E-state index is 13.4. The molecule has 0 aromatic heterocycles. The van der Waals surface area contributed by atoms with Gasteiger partial charge in [0.05, 0.1) is 11.3 Å². The van der Waals surface area contributed by atoms with Crippen molar-refractivity contribution in [1.29, 1.82) is 0 Å². The maximum atomic E-state index is 13.4. The molecule has 1 aromatic rings. The third-order valence-electron chi connectivity index (χ3n) is 5.84. The summed E-state index contributed by atoms with van der Waals surface area (Å²) in [5.74, 6) is 1.06. The van der Waals surface area contributed by atoms with Gasteiger partial charge in [-0.1, -0.05) is 18.9 Å². The zero-order chi connectivity index (χ0) is 17.4. The Balaban J connectivity index is 1.64. The van der Waals surface area contributed by atoms with E-state index in [1.165, 1.54) is 0 Å². The van der Waals surface area contributed by atoms with E-state index in [9.17, 15) is 9.59 Å². The van der Waals surface area contributed by atoms with Gasteiger partial charge in [-0.25, -0.2) is 0 Å². The molecule has 134 valence electrons. The first-order valence-electron chi connectivity index (χ1n) is 9.09. The van der Waals surface area contributed by atoms with Crippen LogP contribution in [0.25, 0.3) is 0 Å². The van der Waals surface area contributed by atoms with E-state index in [1.807, 2.05) is 23.1 Å². The van der Waals surface area contributed by atoms with Gasteiger partial charge in [0.2, 0.25) is 11.8 Å². The van der Waals surface area contributed by atoms with Crippen LogP contribution in [0.3, 0.4) is 0 Å². The highest BCUT2D eigenvalue weighted by molar-refractivity contribution is 5.90. The summed E-state index contributed by atoms with van der Waals surface area (Å²) in [4.78, 5) is 26.7. The predicted molar refractivity (Wildman–Crippen MR) is 91.5 cm³/mol. The number of primary amides is 1. The lowest BCUT2D eigenvalue weighted by Gasteiger charge is -2.33. The van der Waals surface area contributed by atoms with Gasteiger partial charge >= 0.3 is 0 Å². The number of likely N-dealkylation sites (tertiary alicyclic amines) is 1. The molecule has 1 aliphatic carbocycles. The molecule has 25 heavy (non-hydrogen) atoms. The van der Waals surface area contributed by atoms with E-state index < -0.39 is 5.41 Å². The molecule has 2 heterocycles. The van der Waals surface area contributed by atoms with E-state index in [0.717, 1.165) is 42.7 Å². The van der Waals surface area contributed by atoms with E-state index in [0.29, 0.717) is 32.7 Å². The average molecular weight is 344 g/mol. The van der Waals surface area contributed by atoms with Crippen molar-refractivity contribution < 1.29 is 19.1 Å². The van der Waals surface area contributed by atoms with Crippen LogP contribution in [0.1, 0.15) is 37.7 Å². The second-order valence-electron chi connectivity index (χ2n) is 7.29. The number of nitrogens with two attached hydrogens (primary N) is 1. The first-order chi connectivity index (χ1) is 12.1. The molecule has 2 fully saturated rings. The molecule has 3 aliphatic rings. The van der Waals surface area contributed by atoms with Crippen molar-refractivity contribution in [3.8, 4) is 11.5 Å². The first-order valence-corrected chi connectivity index (χ1v) is 9.09. The number of hydrogen-bond donors (Lipinski definition) is 1. The van der Waals surface area contributed by atoms with E-state index in [2.05, 4.69) is 0 Å². The molecule has 1 atom stereocenters. The molecule has 0 unspecified atom stereocenters. The molecule has 1 aromatic carbocycles. The number of fused-ring (bicyclic) bond motifs is 1. The van der Waals surface area contributed by atoms with Crippen molar-refractivity contribution in [2.24, 2.45) is 11.7 Å². The SMILES string of the molecule is NC(=O)[C@H]1CCN(C(=O)C2(c3ccc4c(c3)OCCO4)CCCC2)C1. The Morgan fingerprint density at radius 3 is 2.52 bits per heavy atom. The topological polar surface area (TPSA) is 81.9 Å². The van der Waals surface area contributed by atoms with Crippen molar-refractivity contribution in [1.82, 2.24) is 4.90 Å².